The minimum absolute atomic E-state index is 1.11. The summed E-state index contributed by atoms with van der Waals surface area (Å²) >= 11 is 3.17. The van der Waals surface area contributed by atoms with Crippen molar-refractivity contribution in [2.24, 2.45) is 0 Å². The van der Waals surface area contributed by atoms with Crippen molar-refractivity contribution in [3.05, 3.63) is 81.3 Å². The molecular formula is C20H19CrNO5. The number of hydrogen-bond donors (Lipinski definition) is 0. The molecule has 0 bridgehead atoms. The Morgan fingerprint density at radius 1 is 0.852 bits per heavy atom. The van der Waals surface area contributed by atoms with Gasteiger partial charge in [-0.1, -0.05) is 0 Å². The van der Waals surface area contributed by atoms with E-state index in [0.29, 0.717) is 0 Å². The van der Waals surface area contributed by atoms with Gasteiger partial charge in [0.1, 0.15) is 0 Å². The van der Waals surface area contributed by atoms with Gasteiger partial charge >= 0.3 is 169 Å². The fraction of sp³-hybridized carbons (Fsp3) is 0.300. The molecule has 1 saturated heterocycles. The van der Waals surface area contributed by atoms with Crippen LogP contribution in [-0.2, 0) is 45.5 Å². The van der Waals surface area contributed by atoms with Crippen LogP contribution in [0, 0.1) is 33.3 Å². The van der Waals surface area contributed by atoms with E-state index in [4.69, 9.17) is 23.3 Å². The van der Waals surface area contributed by atoms with Crippen molar-refractivity contribution in [3.8, 4) is 0 Å². The summed E-state index contributed by atoms with van der Waals surface area (Å²) in [6.45, 7) is 24.9. The molecule has 2 rings (SSSR count). The fourth-order valence-electron chi connectivity index (χ4n) is 2.12. The summed E-state index contributed by atoms with van der Waals surface area (Å²) in [5.74, 6) is 0. The maximum atomic E-state index is 7.50. The minimum atomic E-state index is 1.11. The Balaban J connectivity index is -0.000000230. The van der Waals surface area contributed by atoms with E-state index in [1.54, 1.807) is 0 Å². The molecule has 1 heterocycles. The summed E-state index contributed by atoms with van der Waals surface area (Å²) in [5, 5.41) is 0. The monoisotopic (exact) mass is 405 g/mol. The molecule has 0 N–H and O–H groups in total. The first kappa shape index (κ1) is 32.7. The zero-order chi connectivity index (χ0) is 21.9. The summed E-state index contributed by atoms with van der Waals surface area (Å²) in [5.41, 5.74) is 1.42. The van der Waals surface area contributed by atoms with Crippen molar-refractivity contribution in [1.29, 1.82) is 0 Å². The van der Waals surface area contributed by atoms with Crippen molar-refractivity contribution in [2.75, 3.05) is 13.1 Å². The second kappa shape index (κ2) is 31.8. The molecule has 1 aromatic carbocycles. The average Bonchev–Trinajstić information content (AvgIpc) is 3.34. The SMILES string of the molecule is [C-]#[O+].[C-]#[O+].[C-]#[O+].[C-]#[O+].[C-]#[O+].[Cr]=[C](/C=C/CCc1ccccc1)N1CCCC1. The van der Waals surface area contributed by atoms with Gasteiger partial charge in [-0.2, -0.15) is 0 Å². The Hall–Kier alpha value is -1.98. The van der Waals surface area contributed by atoms with Gasteiger partial charge in [0, 0.05) is 0 Å². The third-order valence-corrected chi connectivity index (χ3v) is 3.74. The Morgan fingerprint density at radius 2 is 1.30 bits per heavy atom. The molecule has 0 unspecified atom stereocenters. The first-order valence-electron chi connectivity index (χ1n) is 7.38. The number of allylic oxidation sites excluding steroid dienone is 1. The first-order valence-corrected chi connectivity index (χ1v) is 8.01. The zero-order valence-electron chi connectivity index (χ0n) is 14.7. The van der Waals surface area contributed by atoms with Gasteiger partial charge in [0.2, 0.25) is 0 Å². The van der Waals surface area contributed by atoms with Gasteiger partial charge in [-0.25, -0.2) is 0 Å². The van der Waals surface area contributed by atoms with Crippen molar-refractivity contribution in [2.45, 2.75) is 25.7 Å². The molecule has 1 fully saturated rings. The van der Waals surface area contributed by atoms with Crippen LogP contribution in [0.15, 0.2) is 42.5 Å². The fourth-order valence-corrected chi connectivity index (χ4v) is 2.56. The van der Waals surface area contributed by atoms with Crippen LogP contribution in [0.3, 0.4) is 0 Å². The van der Waals surface area contributed by atoms with E-state index in [9.17, 15) is 0 Å². The second-order valence-corrected chi connectivity index (χ2v) is 5.11. The Labute approximate surface area is 168 Å². The molecule has 0 aromatic heterocycles. The number of likely N-dealkylation sites (tertiary alicyclic amines) is 1. The number of hydrogen-bond acceptors (Lipinski definition) is 1. The molecule has 0 atom stereocenters. The van der Waals surface area contributed by atoms with Crippen molar-refractivity contribution < 1.29 is 39.1 Å². The molecular weight excluding hydrogens is 386 g/mol. The maximum absolute atomic E-state index is 7.50. The average molecular weight is 405 g/mol. The van der Waals surface area contributed by atoms with Crippen LogP contribution in [-0.4, -0.2) is 22.5 Å². The summed E-state index contributed by atoms with van der Waals surface area (Å²) in [6.07, 6.45) is 9.42. The molecule has 1 aliphatic heterocycles. The second-order valence-electron chi connectivity index (χ2n) is 4.46. The molecule has 1 aliphatic rings. The van der Waals surface area contributed by atoms with E-state index < -0.39 is 0 Å². The first-order chi connectivity index (χ1) is 13.4. The van der Waals surface area contributed by atoms with Gasteiger partial charge in [0.25, 0.3) is 0 Å². The van der Waals surface area contributed by atoms with Crippen LogP contribution in [0.5, 0.6) is 0 Å². The Morgan fingerprint density at radius 3 is 1.74 bits per heavy atom. The Bertz CT molecular complexity index is 547. The Kier molecular flexibility index (Phi) is 38.4. The van der Waals surface area contributed by atoms with Crippen molar-refractivity contribution >= 4 is 4.50 Å². The van der Waals surface area contributed by atoms with Crippen molar-refractivity contribution in [3.63, 3.8) is 0 Å². The molecule has 7 heteroatoms. The topological polar surface area (TPSA) is 103 Å². The zero-order valence-corrected chi connectivity index (χ0v) is 16.0. The molecule has 0 amide bonds. The van der Waals surface area contributed by atoms with E-state index in [1.807, 2.05) is 0 Å². The van der Waals surface area contributed by atoms with Crippen LogP contribution >= 0.6 is 0 Å². The van der Waals surface area contributed by atoms with Crippen molar-refractivity contribution in [1.82, 2.24) is 4.90 Å². The molecule has 0 saturated carbocycles. The van der Waals surface area contributed by atoms with Crippen LogP contribution < -0.4 is 0 Å². The van der Waals surface area contributed by atoms with Crippen LogP contribution in [0.2, 0.25) is 0 Å². The number of nitrogens with zero attached hydrogens (tertiary/aromatic N) is 1. The van der Waals surface area contributed by atoms with Gasteiger partial charge in [-0.3, -0.25) is 0 Å². The van der Waals surface area contributed by atoms with E-state index in [1.165, 1.54) is 36.0 Å². The summed E-state index contributed by atoms with van der Waals surface area (Å²) in [6, 6.07) is 10.7. The van der Waals surface area contributed by atoms with Crippen LogP contribution in [0.4, 0.5) is 0 Å². The third-order valence-electron chi connectivity index (χ3n) is 3.12. The predicted molar refractivity (Wildman–Crippen MR) is 89.4 cm³/mol. The summed E-state index contributed by atoms with van der Waals surface area (Å²) < 4.78 is 38.8. The summed E-state index contributed by atoms with van der Waals surface area (Å²) in [4.78, 5) is 2.43. The normalized spacial score (nSPS) is 10.9. The van der Waals surface area contributed by atoms with Gasteiger partial charge in [0.05, 0.1) is 0 Å². The standard InChI is InChI=1S/C15H19N.5CO.Cr/c1-3-9-15(10-4-1)11-5-2-6-12-16-13-7-8-14-16;5*1-2;/h1-4,6,9-10H,5,7-8,11,13-14H2;;;;;;/b6-2+;;;;;;. The number of aryl methyl sites for hydroxylation is 1. The van der Waals surface area contributed by atoms with Gasteiger partial charge in [0.15, 0.2) is 0 Å². The van der Waals surface area contributed by atoms with Crippen LogP contribution in [0.25, 0.3) is 0 Å². The van der Waals surface area contributed by atoms with Gasteiger partial charge < -0.3 is 0 Å². The molecule has 1 aromatic rings. The number of benzene rings is 1. The van der Waals surface area contributed by atoms with Gasteiger partial charge in [-0.05, 0) is 0 Å². The third kappa shape index (κ3) is 20.2. The molecule has 140 valence electrons. The van der Waals surface area contributed by atoms with E-state index >= 15 is 0 Å². The molecule has 0 radical (unpaired) electrons. The quantitative estimate of drug-likeness (QED) is 0.546. The summed E-state index contributed by atoms with van der Waals surface area (Å²) in [7, 11) is 0. The number of rotatable bonds is 5. The molecule has 0 spiro atoms. The van der Waals surface area contributed by atoms with Crippen LogP contribution in [0.1, 0.15) is 24.8 Å². The molecule has 0 aliphatic carbocycles. The predicted octanol–water partition coefficient (Wildman–Crippen LogP) is 2.76. The van der Waals surface area contributed by atoms with Gasteiger partial charge in [-0.15, -0.1) is 0 Å². The molecule has 27 heavy (non-hydrogen) atoms. The molecule has 6 nitrogen and oxygen atoms in total. The van der Waals surface area contributed by atoms with E-state index in [-0.39, 0.29) is 0 Å². The van der Waals surface area contributed by atoms with E-state index in [2.05, 4.69) is 96.5 Å². The van der Waals surface area contributed by atoms with E-state index in [0.717, 1.165) is 12.8 Å².